The number of carbonyl (C=O) groups is 1. The minimum atomic E-state index is -0.236. The van der Waals surface area contributed by atoms with Crippen LogP contribution < -0.4 is 0 Å². The number of carbonyl (C=O) groups excluding carboxylic acids is 1. The second kappa shape index (κ2) is 4.74. The fourth-order valence-corrected chi connectivity index (χ4v) is 3.78. The van der Waals surface area contributed by atoms with E-state index in [2.05, 4.69) is 18.9 Å². The molecule has 0 spiro atoms. The molecule has 1 fully saturated rings. The lowest BCUT2D eigenvalue weighted by atomic mass is 9.99. The van der Waals surface area contributed by atoms with Gasteiger partial charge in [-0.2, -0.15) is 10.1 Å². The molecule has 1 atom stereocenters. The molecule has 0 N–H and O–H groups in total. The maximum atomic E-state index is 12.6. The number of benzene rings is 1. The number of hydrogen-bond donors (Lipinski definition) is 0. The molecule has 0 aliphatic carbocycles. The zero-order chi connectivity index (χ0) is 14.3. The number of aliphatic imine (C=N–C) groups is 1. The lowest BCUT2D eigenvalue weighted by Gasteiger charge is -2.17. The van der Waals surface area contributed by atoms with Gasteiger partial charge in [-0.25, -0.2) is 0 Å². The highest BCUT2D eigenvalue weighted by Crippen LogP contribution is 2.41. The third kappa shape index (κ3) is 2.38. The Kier molecular flexibility index (Phi) is 3.17. The number of nitrogens with zero attached hydrogens (tertiary/aromatic N) is 3. The fraction of sp³-hybridized carbons (Fsp3) is 0.400. The SMILES string of the molecule is CC1=NN2C(=O)[C@@H](c3ccccc3)SC2=NC(C)(C)C1. The largest absolute Gasteiger partial charge is 0.271 e. The van der Waals surface area contributed by atoms with Gasteiger partial charge in [0.25, 0.3) is 5.91 Å². The summed E-state index contributed by atoms with van der Waals surface area (Å²) in [6.45, 7) is 6.10. The van der Waals surface area contributed by atoms with Crippen molar-refractivity contribution in [2.75, 3.05) is 0 Å². The molecule has 1 saturated heterocycles. The number of amidine groups is 1. The van der Waals surface area contributed by atoms with Gasteiger partial charge < -0.3 is 0 Å². The normalized spacial score (nSPS) is 24.9. The quantitative estimate of drug-likeness (QED) is 0.796. The Bertz CT molecular complexity index is 607. The summed E-state index contributed by atoms with van der Waals surface area (Å²) in [6, 6.07) is 9.81. The first-order valence-corrected chi connectivity index (χ1v) is 7.54. The first-order valence-electron chi connectivity index (χ1n) is 6.66. The third-order valence-electron chi connectivity index (χ3n) is 3.30. The molecule has 0 saturated carbocycles. The summed E-state index contributed by atoms with van der Waals surface area (Å²) in [5, 5.41) is 6.40. The second-order valence-electron chi connectivity index (χ2n) is 5.78. The van der Waals surface area contributed by atoms with E-state index >= 15 is 0 Å². The van der Waals surface area contributed by atoms with Crippen LogP contribution in [0.5, 0.6) is 0 Å². The molecule has 2 aliphatic heterocycles. The molecule has 2 heterocycles. The molecule has 3 rings (SSSR count). The van der Waals surface area contributed by atoms with Crippen molar-refractivity contribution in [1.82, 2.24) is 5.01 Å². The van der Waals surface area contributed by atoms with E-state index in [1.807, 2.05) is 37.3 Å². The van der Waals surface area contributed by atoms with Gasteiger partial charge in [-0.05, 0) is 26.3 Å². The van der Waals surface area contributed by atoms with Crippen LogP contribution in [0.2, 0.25) is 0 Å². The van der Waals surface area contributed by atoms with Crippen LogP contribution in [-0.4, -0.2) is 27.3 Å². The van der Waals surface area contributed by atoms with Gasteiger partial charge in [0.15, 0.2) is 5.17 Å². The fourth-order valence-electron chi connectivity index (χ4n) is 2.55. The van der Waals surface area contributed by atoms with Gasteiger partial charge in [-0.3, -0.25) is 9.79 Å². The summed E-state index contributed by atoms with van der Waals surface area (Å²) < 4.78 is 0. The maximum absolute atomic E-state index is 12.6. The van der Waals surface area contributed by atoms with Crippen molar-refractivity contribution in [3.8, 4) is 0 Å². The van der Waals surface area contributed by atoms with Gasteiger partial charge >= 0.3 is 0 Å². The number of thioether (sulfide) groups is 1. The topological polar surface area (TPSA) is 45.0 Å². The van der Waals surface area contributed by atoms with E-state index in [9.17, 15) is 4.79 Å². The molecular formula is C15H17N3OS. The van der Waals surface area contributed by atoms with Crippen molar-refractivity contribution in [3.63, 3.8) is 0 Å². The Morgan fingerprint density at radius 2 is 2.00 bits per heavy atom. The highest BCUT2D eigenvalue weighted by atomic mass is 32.2. The second-order valence-corrected chi connectivity index (χ2v) is 6.85. The lowest BCUT2D eigenvalue weighted by Crippen LogP contribution is -2.25. The van der Waals surface area contributed by atoms with Crippen LogP contribution in [0.1, 0.15) is 38.0 Å². The van der Waals surface area contributed by atoms with Crippen LogP contribution >= 0.6 is 11.8 Å². The Morgan fingerprint density at radius 3 is 2.70 bits per heavy atom. The number of hydrazone groups is 1. The molecule has 20 heavy (non-hydrogen) atoms. The van der Waals surface area contributed by atoms with Crippen molar-refractivity contribution in [2.24, 2.45) is 10.1 Å². The Balaban J connectivity index is 2.00. The highest BCUT2D eigenvalue weighted by Gasteiger charge is 2.41. The molecule has 1 aromatic rings. The summed E-state index contributed by atoms with van der Waals surface area (Å²) >= 11 is 1.49. The highest BCUT2D eigenvalue weighted by molar-refractivity contribution is 8.15. The monoisotopic (exact) mass is 287 g/mol. The van der Waals surface area contributed by atoms with Crippen molar-refractivity contribution in [2.45, 2.75) is 38.0 Å². The summed E-state index contributed by atoms with van der Waals surface area (Å²) in [5.74, 6) is -0.00278. The number of hydrogen-bond acceptors (Lipinski definition) is 4. The van der Waals surface area contributed by atoms with E-state index in [1.165, 1.54) is 16.8 Å². The lowest BCUT2D eigenvalue weighted by molar-refractivity contribution is -0.126. The number of amides is 1. The van der Waals surface area contributed by atoms with Crippen molar-refractivity contribution in [1.29, 1.82) is 0 Å². The summed E-state index contributed by atoms with van der Waals surface area (Å²) in [5.41, 5.74) is 1.73. The van der Waals surface area contributed by atoms with Crippen molar-refractivity contribution >= 4 is 28.5 Å². The Morgan fingerprint density at radius 1 is 1.30 bits per heavy atom. The molecule has 1 amide bonds. The maximum Gasteiger partial charge on any atom is 0.267 e. The van der Waals surface area contributed by atoms with Gasteiger partial charge in [-0.15, -0.1) is 0 Å². The van der Waals surface area contributed by atoms with Gasteiger partial charge in [0, 0.05) is 12.1 Å². The molecule has 5 heteroatoms. The molecule has 4 nitrogen and oxygen atoms in total. The Hall–Kier alpha value is -1.62. The van der Waals surface area contributed by atoms with Crippen LogP contribution in [0.4, 0.5) is 0 Å². The standard InChI is InChI=1S/C15H17N3OS/c1-10-9-15(2,3)16-14-18(17-10)13(19)12(20-14)11-7-5-4-6-8-11/h4-8,12H,9H2,1-3H3/t12-/m1/s1. The minimum absolute atomic E-state index is 0.00278. The zero-order valence-electron chi connectivity index (χ0n) is 11.8. The first-order chi connectivity index (χ1) is 9.46. The molecular weight excluding hydrogens is 270 g/mol. The number of fused-ring (bicyclic) bond motifs is 1. The van der Waals surface area contributed by atoms with Crippen LogP contribution in [-0.2, 0) is 4.79 Å². The molecule has 1 aromatic carbocycles. The van der Waals surface area contributed by atoms with E-state index in [4.69, 9.17) is 4.99 Å². The Labute approximate surface area is 123 Å². The van der Waals surface area contributed by atoms with E-state index in [1.54, 1.807) is 0 Å². The van der Waals surface area contributed by atoms with E-state index < -0.39 is 0 Å². The minimum Gasteiger partial charge on any atom is -0.271 e. The molecule has 104 valence electrons. The van der Waals surface area contributed by atoms with Gasteiger partial charge in [0.05, 0.1) is 5.54 Å². The van der Waals surface area contributed by atoms with E-state index in [0.717, 1.165) is 17.7 Å². The molecule has 0 unspecified atom stereocenters. The number of rotatable bonds is 1. The van der Waals surface area contributed by atoms with Crippen molar-refractivity contribution < 1.29 is 4.79 Å². The van der Waals surface area contributed by atoms with Crippen LogP contribution in [0.3, 0.4) is 0 Å². The predicted molar refractivity (Wildman–Crippen MR) is 82.9 cm³/mol. The molecule has 0 aromatic heterocycles. The average Bonchev–Trinajstić information content (AvgIpc) is 2.61. The summed E-state index contributed by atoms with van der Waals surface area (Å²) in [6.07, 6.45) is 0.775. The van der Waals surface area contributed by atoms with Crippen molar-refractivity contribution in [3.05, 3.63) is 35.9 Å². The van der Waals surface area contributed by atoms with Gasteiger partial charge in [-0.1, -0.05) is 42.1 Å². The zero-order valence-corrected chi connectivity index (χ0v) is 12.6. The summed E-state index contributed by atoms with van der Waals surface area (Å²) in [4.78, 5) is 17.3. The average molecular weight is 287 g/mol. The van der Waals surface area contributed by atoms with Crippen LogP contribution in [0.25, 0.3) is 0 Å². The molecule has 2 aliphatic rings. The van der Waals surface area contributed by atoms with Gasteiger partial charge in [0.2, 0.25) is 0 Å². The molecule has 0 bridgehead atoms. The summed E-state index contributed by atoms with van der Waals surface area (Å²) in [7, 11) is 0. The van der Waals surface area contributed by atoms with E-state index in [-0.39, 0.29) is 16.7 Å². The van der Waals surface area contributed by atoms with Gasteiger partial charge in [0.1, 0.15) is 5.25 Å². The van der Waals surface area contributed by atoms with Crippen LogP contribution in [0.15, 0.2) is 40.4 Å². The smallest absolute Gasteiger partial charge is 0.267 e. The van der Waals surface area contributed by atoms with E-state index in [0.29, 0.717) is 5.17 Å². The predicted octanol–water partition coefficient (Wildman–Crippen LogP) is 3.22. The molecule has 0 radical (unpaired) electrons. The first kappa shape index (κ1) is 13.4. The third-order valence-corrected chi connectivity index (χ3v) is 4.48. The van der Waals surface area contributed by atoms with Crippen LogP contribution in [0, 0.1) is 0 Å².